The number of anilines is 3. The van der Waals surface area contributed by atoms with Crippen LogP contribution in [0.5, 0.6) is 0 Å². The van der Waals surface area contributed by atoms with E-state index in [9.17, 15) is 24.4 Å². The van der Waals surface area contributed by atoms with Crippen molar-refractivity contribution in [2.45, 2.75) is 95.4 Å². The summed E-state index contributed by atoms with van der Waals surface area (Å²) in [5.74, 6) is -1.16. The smallest absolute Gasteiger partial charge is 0.258 e. The van der Waals surface area contributed by atoms with Crippen LogP contribution in [0.4, 0.5) is 21.5 Å². The van der Waals surface area contributed by atoms with Gasteiger partial charge in [0.1, 0.15) is 17.6 Å². The molecule has 16 heteroatoms. The highest BCUT2D eigenvalue weighted by Gasteiger charge is 2.52. The minimum atomic E-state index is -1.33. The second-order valence-corrected chi connectivity index (χ2v) is 15.7. The van der Waals surface area contributed by atoms with Gasteiger partial charge in [-0.1, -0.05) is 17.7 Å². The number of amides is 4. The third-order valence-corrected chi connectivity index (χ3v) is 11.4. The number of benzene rings is 2. The fourth-order valence-electron chi connectivity index (χ4n) is 7.87. The number of rotatable bonds is 11. The van der Waals surface area contributed by atoms with Gasteiger partial charge in [0.15, 0.2) is 11.4 Å². The highest BCUT2D eigenvalue weighted by Crippen LogP contribution is 2.39. The first-order chi connectivity index (χ1) is 25.7. The van der Waals surface area contributed by atoms with E-state index in [2.05, 4.69) is 16.0 Å². The molecule has 1 aliphatic carbocycles. The zero-order chi connectivity index (χ0) is 38.7. The number of nitriles is 1. The summed E-state index contributed by atoms with van der Waals surface area (Å²) < 4.78 is 21.7. The Balaban J connectivity index is 0.927. The third kappa shape index (κ3) is 8.68. The molecular formula is C38H46ClFN8O5S. The summed E-state index contributed by atoms with van der Waals surface area (Å²) in [7, 11) is 0. The van der Waals surface area contributed by atoms with E-state index >= 15 is 4.39 Å². The Hall–Kier alpha value is -4.20. The number of carbonyl (C=O) groups excluding carboxylic acids is 4. The van der Waals surface area contributed by atoms with Crippen LogP contribution >= 0.6 is 23.8 Å². The molecule has 3 aliphatic heterocycles. The summed E-state index contributed by atoms with van der Waals surface area (Å²) in [6, 6.07) is 13.2. The van der Waals surface area contributed by atoms with E-state index in [4.69, 9.17) is 28.6 Å². The van der Waals surface area contributed by atoms with E-state index in [0.29, 0.717) is 53.9 Å². The van der Waals surface area contributed by atoms with E-state index in [1.54, 1.807) is 47.4 Å². The van der Waals surface area contributed by atoms with Gasteiger partial charge in [-0.05, 0) is 101 Å². The third-order valence-electron chi connectivity index (χ3n) is 10.7. The topological polar surface area (TPSA) is 150 Å². The van der Waals surface area contributed by atoms with Crippen LogP contribution in [-0.2, 0) is 23.9 Å². The second kappa shape index (κ2) is 16.7. The number of thiocarbonyl (C=S) groups is 1. The first-order valence-corrected chi connectivity index (χ1v) is 19.1. The van der Waals surface area contributed by atoms with E-state index in [0.717, 1.165) is 25.7 Å². The van der Waals surface area contributed by atoms with Crippen molar-refractivity contribution in [2.24, 2.45) is 0 Å². The largest absolute Gasteiger partial charge is 0.377 e. The van der Waals surface area contributed by atoms with Crippen LogP contribution in [0.2, 0.25) is 5.02 Å². The van der Waals surface area contributed by atoms with Crippen molar-refractivity contribution in [1.82, 2.24) is 20.0 Å². The van der Waals surface area contributed by atoms with Gasteiger partial charge in [0, 0.05) is 49.5 Å². The number of carbonyl (C=O) groups is 4. The Labute approximate surface area is 325 Å². The first kappa shape index (κ1) is 39.5. The van der Waals surface area contributed by atoms with E-state index in [1.807, 2.05) is 36.6 Å². The molecule has 3 saturated heterocycles. The molecule has 6 rings (SSSR count). The Morgan fingerprint density at radius 3 is 2.52 bits per heavy atom. The maximum Gasteiger partial charge on any atom is 0.258 e. The average Bonchev–Trinajstić information content (AvgIpc) is 3.30. The van der Waals surface area contributed by atoms with Crippen molar-refractivity contribution in [1.29, 1.82) is 5.26 Å². The molecule has 0 aromatic heterocycles. The number of piperazine rings is 1. The number of hydrogen-bond acceptors (Lipinski definition) is 10. The molecule has 2 aromatic rings. The van der Waals surface area contributed by atoms with Crippen molar-refractivity contribution < 1.29 is 28.3 Å². The maximum absolute atomic E-state index is 15.5. The number of nitrogens with one attached hydrogen (secondary N) is 3. The number of alkyl halides is 1. The molecule has 1 saturated carbocycles. The fourth-order valence-corrected chi connectivity index (χ4v) is 8.66. The standard InChI is InChI=1S/C38H46ClFN8O5S/c1-23-20-45(21-32(40)46(23)22-34(50)43-26-6-4-5-25(17-26)42-31-13-14-33(49)44-35(31)51)15-16-53-29-11-9-27(10-12-29)48-37(54)47(36(52)38(48,2)3)28-8-7-24(19-41)30(39)18-28/h4-8,17-18,23,27,29,31-32,42H,9-16,20-22H2,1-3H3,(H,43,50)(H,44,49,51)/t23-,27-,29-,31?,32-/m0/s1. The van der Waals surface area contributed by atoms with Gasteiger partial charge in [-0.15, -0.1) is 0 Å². The summed E-state index contributed by atoms with van der Waals surface area (Å²) in [5.41, 5.74) is 1.16. The van der Waals surface area contributed by atoms with Gasteiger partial charge in [-0.25, -0.2) is 4.39 Å². The molecular weight excluding hydrogens is 735 g/mol. The zero-order valence-corrected chi connectivity index (χ0v) is 32.2. The van der Waals surface area contributed by atoms with E-state index in [-0.39, 0.29) is 66.3 Å². The van der Waals surface area contributed by atoms with Crippen LogP contribution < -0.4 is 20.9 Å². The molecule has 3 N–H and O–H groups in total. The molecule has 4 aliphatic rings. The molecule has 13 nitrogen and oxygen atoms in total. The van der Waals surface area contributed by atoms with E-state index in [1.165, 1.54) is 4.90 Å². The molecule has 2 aromatic carbocycles. The molecule has 3 heterocycles. The fraction of sp³-hybridized carbons (Fsp3) is 0.526. The highest BCUT2D eigenvalue weighted by atomic mass is 35.5. The molecule has 54 heavy (non-hydrogen) atoms. The number of ether oxygens (including phenoxy) is 1. The number of imide groups is 1. The number of halogens is 2. The number of hydrogen-bond donors (Lipinski definition) is 3. The quantitative estimate of drug-likeness (QED) is 0.169. The summed E-state index contributed by atoms with van der Waals surface area (Å²) in [5, 5.41) is 18.2. The summed E-state index contributed by atoms with van der Waals surface area (Å²) >= 11 is 12.1. The van der Waals surface area contributed by atoms with Crippen LogP contribution in [0, 0.1) is 11.3 Å². The lowest BCUT2D eigenvalue weighted by atomic mass is 9.89. The van der Waals surface area contributed by atoms with Gasteiger partial charge in [0.2, 0.25) is 17.7 Å². The van der Waals surface area contributed by atoms with Gasteiger partial charge in [0.05, 0.1) is 35.5 Å². The molecule has 3 atom stereocenters. The summed E-state index contributed by atoms with van der Waals surface area (Å²) in [4.78, 5) is 57.2. The molecule has 4 amide bonds. The minimum Gasteiger partial charge on any atom is -0.377 e. The van der Waals surface area contributed by atoms with Crippen LogP contribution in [-0.4, -0.2) is 112 Å². The van der Waals surface area contributed by atoms with Gasteiger partial charge in [-0.2, -0.15) is 5.26 Å². The average molecular weight is 781 g/mol. The van der Waals surface area contributed by atoms with Crippen molar-refractivity contribution in [2.75, 3.05) is 48.3 Å². The Morgan fingerprint density at radius 1 is 1.09 bits per heavy atom. The predicted octanol–water partition coefficient (Wildman–Crippen LogP) is 4.41. The number of nitrogens with zero attached hydrogens (tertiary/aromatic N) is 5. The van der Waals surface area contributed by atoms with Gasteiger partial charge in [0.25, 0.3) is 5.91 Å². The maximum atomic E-state index is 15.5. The second-order valence-electron chi connectivity index (χ2n) is 14.9. The zero-order valence-electron chi connectivity index (χ0n) is 30.6. The van der Waals surface area contributed by atoms with Crippen molar-refractivity contribution in [3.8, 4) is 6.07 Å². The minimum absolute atomic E-state index is 0.0472. The first-order valence-electron chi connectivity index (χ1n) is 18.4. The van der Waals surface area contributed by atoms with E-state index < -0.39 is 17.9 Å². The monoisotopic (exact) mass is 780 g/mol. The molecule has 1 unspecified atom stereocenters. The lowest BCUT2D eigenvalue weighted by molar-refractivity contribution is -0.133. The van der Waals surface area contributed by atoms with Crippen molar-refractivity contribution in [3.05, 3.63) is 53.1 Å². The van der Waals surface area contributed by atoms with Crippen molar-refractivity contribution >= 4 is 69.6 Å². The van der Waals surface area contributed by atoms with Crippen LogP contribution in [0.15, 0.2) is 42.5 Å². The molecule has 288 valence electrons. The Kier molecular flexibility index (Phi) is 12.2. The lowest BCUT2D eigenvalue weighted by Crippen LogP contribution is -2.58. The van der Waals surface area contributed by atoms with Crippen molar-refractivity contribution in [3.63, 3.8) is 0 Å². The highest BCUT2D eigenvalue weighted by molar-refractivity contribution is 7.80. The van der Waals surface area contributed by atoms with Crippen LogP contribution in [0.3, 0.4) is 0 Å². The normalized spacial score (nSPS) is 26.4. The van der Waals surface area contributed by atoms with Gasteiger partial charge >= 0.3 is 0 Å². The van der Waals surface area contributed by atoms with Gasteiger partial charge in [-0.3, -0.25) is 39.2 Å². The Morgan fingerprint density at radius 2 is 1.83 bits per heavy atom. The summed E-state index contributed by atoms with van der Waals surface area (Å²) in [6.45, 7) is 7.33. The summed E-state index contributed by atoms with van der Waals surface area (Å²) in [6.07, 6.45) is 2.56. The lowest BCUT2D eigenvalue weighted by Gasteiger charge is -2.42. The van der Waals surface area contributed by atoms with Crippen LogP contribution in [0.1, 0.15) is 64.9 Å². The van der Waals surface area contributed by atoms with Crippen LogP contribution in [0.25, 0.3) is 0 Å². The molecule has 0 spiro atoms. The van der Waals surface area contributed by atoms with Gasteiger partial charge < -0.3 is 20.3 Å². The SMILES string of the molecule is C[C@H]1CN(CCO[C@H]2CC[C@H](N3C(=S)N(c4ccc(C#N)c(Cl)c4)C(=O)C3(C)C)CC2)C[C@@H](F)N1CC(=O)Nc1cccc(NC2CCC(=O)NC2=O)c1. The molecule has 0 radical (unpaired) electrons. The molecule has 0 bridgehead atoms. The molecule has 4 fully saturated rings. The number of piperidine rings is 1. The predicted molar refractivity (Wildman–Crippen MR) is 207 cm³/mol. The Bertz CT molecular complexity index is 1820.